The highest BCUT2D eigenvalue weighted by Gasteiger charge is 2.27. The molecule has 4 nitrogen and oxygen atoms in total. The van der Waals surface area contributed by atoms with E-state index in [4.69, 9.17) is 4.74 Å². The van der Waals surface area contributed by atoms with Crippen molar-refractivity contribution in [3.63, 3.8) is 0 Å². The second-order valence-corrected chi connectivity index (χ2v) is 7.33. The second-order valence-electron chi connectivity index (χ2n) is 7.33. The third kappa shape index (κ3) is 6.96. The Labute approximate surface area is 190 Å². The lowest BCUT2D eigenvalue weighted by atomic mass is 9.89. The zero-order valence-corrected chi connectivity index (χ0v) is 19.5. The molecule has 1 saturated heterocycles. The van der Waals surface area contributed by atoms with Crippen LogP contribution in [0.2, 0.25) is 0 Å². The van der Waals surface area contributed by atoms with Crippen molar-refractivity contribution in [3.05, 3.63) is 71.0 Å². The summed E-state index contributed by atoms with van der Waals surface area (Å²) in [5.41, 5.74) is 3.21. The second kappa shape index (κ2) is 12.1. The highest BCUT2D eigenvalue weighted by Crippen LogP contribution is 2.33. The predicted octanol–water partition coefficient (Wildman–Crippen LogP) is 4.63. The third-order valence-electron chi connectivity index (χ3n) is 5.25. The first kappa shape index (κ1) is 23.6. The molecule has 1 aliphatic heterocycles. The van der Waals surface area contributed by atoms with Crippen molar-refractivity contribution in [2.75, 3.05) is 26.7 Å². The molecule has 1 fully saturated rings. The summed E-state index contributed by atoms with van der Waals surface area (Å²) in [5, 5.41) is 6.69. The minimum absolute atomic E-state index is 0. The van der Waals surface area contributed by atoms with Gasteiger partial charge in [0.1, 0.15) is 5.82 Å². The molecular formula is C23H31FIN3O. The Morgan fingerprint density at radius 2 is 1.90 bits per heavy atom. The van der Waals surface area contributed by atoms with Crippen LogP contribution in [0.3, 0.4) is 0 Å². The molecule has 158 valence electrons. The molecule has 3 rings (SSSR count). The zero-order valence-electron chi connectivity index (χ0n) is 17.2. The van der Waals surface area contributed by atoms with E-state index in [1.807, 2.05) is 12.1 Å². The standard InChI is InChI=1S/C23H30FN3O.HI/c1-17-9-11-19(12-10-17)22-20(7-5-15-28-22)16-27-23(25-2)26-14-13-18-6-3-4-8-21(18)24;/h3-4,6,8-12,20,22H,5,7,13-16H2,1-2H3,(H2,25,26,27);1H. The summed E-state index contributed by atoms with van der Waals surface area (Å²) in [5.74, 6) is 0.971. The molecular weight excluding hydrogens is 480 g/mol. The topological polar surface area (TPSA) is 45.7 Å². The average molecular weight is 511 g/mol. The number of hydrogen-bond donors (Lipinski definition) is 2. The fraction of sp³-hybridized carbons (Fsp3) is 0.435. The van der Waals surface area contributed by atoms with Gasteiger partial charge in [-0.15, -0.1) is 24.0 Å². The van der Waals surface area contributed by atoms with Crippen LogP contribution >= 0.6 is 24.0 Å². The van der Waals surface area contributed by atoms with Crippen molar-refractivity contribution in [1.29, 1.82) is 0 Å². The van der Waals surface area contributed by atoms with E-state index in [0.29, 0.717) is 24.4 Å². The van der Waals surface area contributed by atoms with Crippen LogP contribution in [0.1, 0.15) is 35.6 Å². The fourth-order valence-corrected chi connectivity index (χ4v) is 3.64. The van der Waals surface area contributed by atoms with Gasteiger partial charge in [-0.25, -0.2) is 4.39 Å². The Morgan fingerprint density at radius 1 is 1.14 bits per heavy atom. The van der Waals surface area contributed by atoms with Gasteiger partial charge in [-0.3, -0.25) is 4.99 Å². The molecule has 29 heavy (non-hydrogen) atoms. The van der Waals surface area contributed by atoms with E-state index in [2.05, 4.69) is 46.8 Å². The molecule has 0 aromatic heterocycles. The van der Waals surface area contributed by atoms with Crippen LogP contribution in [0, 0.1) is 18.7 Å². The number of benzene rings is 2. The molecule has 2 aromatic rings. The van der Waals surface area contributed by atoms with E-state index in [0.717, 1.165) is 32.0 Å². The van der Waals surface area contributed by atoms with Crippen LogP contribution in [0.4, 0.5) is 4.39 Å². The quantitative estimate of drug-likeness (QED) is 0.338. The first-order valence-electron chi connectivity index (χ1n) is 10.0. The number of nitrogens with zero attached hydrogens (tertiary/aromatic N) is 1. The molecule has 0 bridgehead atoms. The van der Waals surface area contributed by atoms with Gasteiger partial charge in [-0.2, -0.15) is 0 Å². The average Bonchev–Trinajstić information content (AvgIpc) is 2.73. The number of aryl methyl sites for hydroxylation is 1. The summed E-state index contributed by atoms with van der Waals surface area (Å²) < 4.78 is 19.8. The van der Waals surface area contributed by atoms with Gasteiger partial charge in [-0.1, -0.05) is 48.0 Å². The van der Waals surface area contributed by atoms with Gasteiger partial charge in [0.05, 0.1) is 6.10 Å². The Balaban J connectivity index is 0.00000300. The maximum atomic E-state index is 13.7. The third-order valence-corrected chi connectivity index (χ3v) is 5.25. The number of guanidine groups is 1. The first-order chi connectivity index (χ1) is 13.7. The zero-order chi connectivity index (χ0) is 19.8. The molecule has 1 aliphatic rings. The van der Waals surface area contributed by atoms with Crippen LogP contribution in [-0.4, -0.2) is 32.7 Å². The van der Waals surface area contributed by atoms with E-state index in [-0.39, 0.29) is 35.9 Å². The summed E-state index contributed by atoms with van der Waals surface area (Å²) in [6.45, 7) is 4.33. The summed E-state index contributed by atoms with van der Waals surface area (Å²) in [7, 11) is 1.76. The van der Waals surface area contributed by atoms with Gasteiger partial charge >= 0.3 is 0 Å². The van der Waals surface area contributed by atoms with Gasteiger partial charge in [0, 0.05) is 32.7 Å². The Morgan fingerprint density at radius 3 is 2.62 bits per heavy atom. The normalized spacial score (nSPS) is 19.3. The number of aliphatic imine (C=N–C) groups is 1. The van der Waals surface area contributed by atoms with E-state index < -0.39 is 0 Å². The van der Waals surface area contributed by atoms with E-state index in [9.17, 15) is 4.39 Å². The van der Waals surface area contributed by atoms with E-state index in [1.165, 1.54) is 17.2 Å². The van der Waals surface area contributed by atoms with Gasteiger partial charge in [0.2, 0.25) is 0 Å². The molecule has 2 N–H and O–H groups in total. The molecule has 2 unspecified atom stereocenters. The largest absolute Gasteiger partial charge is 0.373 e. The molecule has 2 aromatic carbocycles. The number of ether oxygens (including phenoxy) is 1. The van der Waals surface area contributed by atoms with Crippen molar-refractivity contribution in [2.24, 2.45) is 10.9 Å². The van der Waals surface area contributed by atoms with E-state index >= 15 is 0 Å². The monoisotopic (exact) mass is 511 g/mol. The van der Waals surface area contributed by atoms with Crippen LogP contribution in [-0.2, 0) is 11.2 Å². The van der Waals surface area contributed by atoms with Crippen molar-refractivity contribution in [3.8, 4) is 0 Å². The van der Waals surface area contributed by atoms with E-state index in [1.54, 1.807) is 13.1 Å². The Hall–Kier alpha value is -1.67. The molecule has 0 radical (unpaired) electrons. The molecule has 0 aliphatic carbocycles. The minimum Gasteiger partial charge on any atom is -0.373 e. The van der Waals surface area contributed by atoms with Crippen molar-refractivity contribution in [2.45, 2.75) is 32.3 Å². The predicted molar refractivity (Wildman–Crippen MR) is 127 cm³/mol. The van der Waals surface area contributed by atoms with Crippen LogP contribution in [0.5, 0.6) is 0 Å². The highest BCUT2D eigenvalue weighted by molar-refractivity contribution is 14.0. The van der Waals surface area contributed by atoms with Crippen LogP contribution < -0.4 is 10.6 Å². The lowest BCUT2D eigenvalue weighted by Gasteiger charge is -2.32. The maximum absolute atomic E-state index is 13.7. The summed E-state index contributed by atoms with van der Waals surface area (Å²) >= 11 is 0. The van der Waals surface area contributed by atoms with Crippen molar-refractivity contribution in [1.82, 2.24) is 10.6 Å². The van der Waals surface area contributed by atoms with Crippen molar-refractivity contribution >= 4 is 29.9 Å². The summed E-state index contributed by atoms with van der Waals surface area (Å²) in [6, 6.07) is 15.5. The Bertz CT molecular complexity index is 782. The number of hydrogen-bond acceptors (Lipinski definition) is 2. The molecule has 0 spiro atoms. The summed E-state index contributed by atoms with van der Waals surface area (Å²) in [6.07, 6.45) is 2.93. The molecule has 6 heteroatoms. The minimum atomic E-state index is -0.160. The van der Waals surface area contributed by atoms with Gasteiger partial charge in [0.25, 0.3) is 0 Å². The summed E-state index contributed by atoms with van der Waals surface area (Å²) in [4.78, 5) is 4.30. The van der Waals surface area contributed by atoms with Crippen LogP contribution in [0.15, 0.2) is 53.5 Å². The SMILES string of the molecule is CN=C(NCCc1ccccc1F)NCC1CCCOC1c1ccc(C)cc1.I. The smallest absolute Gasteiger partial charge is 0.190 e. The van der Waals surface area contributed by atoms with Gasteiger partial charge < -0.3 is 15.4 Å². The molecule has 0 amide bonds. The lowest BCUT2D eigenvalue weighted by molar-refractivity contribution is -0.0265. The Kier molecular flexibility index (Phi) is 9.87. The fourth-order valence-electron chi connectivity index (χ4n) is 3.64. The maximum Gasteiger partial charge on any atom is 0.190 e. The van der Waals surface area contributed by atoms with Gasteiger partial charge in [-0.05, 0) is 43.4 Å². The molecule has 1 heterocycles. The number of rotatable bonds is 6. The molecule has 0 saturated carbocycles. The highest BCUT2D eigenvalue weighted by atomic mass is 127. The number of nitrogens with one attached hydrogen (secondary N) is 2. The molecule has 2 atom stereocenters. The lowest BCUT2D eigenvalue weighted by Crippen LogP contribution is -2.42. The van der Waals surface area contributed by atoms with Gasteiger partial charge in [0.15, 0.2) is 5.96 Å². The van der Waals surface area contributed by atoms with Crippen LogP contribution in [0.25, 0.3) is 0 Å². The van der Waals surface area contributed by atoms with Crippen molar-refractivity contribution < 1.29 is 9.13 Å². The first-order valence-corrected chi connectivity index (χ1v) is 10.0. The number of halogens is 2.